The van der Waals surface area contributed by atoms with Crippen LogP contribution < -0.4 is 9.88 Å². The van der Waals surface area contributed by atoms with Crippen LogP contribution in [-0.2, 0) is 6.18 Å². The second-order valence-corrected chi connectivity index (χ2v) is 5.62. The molecule has 126 valence electrons. The van der Waals surface area contributed by atoms with Gasteiger partial charge in [0.05, 0.1) is 5.56 Å². The van der Waals surface area contributed by atoms with E-state index in [1.807, 2.05) is 24.5 Å². The first-order chi connectivity index (χ1) is 11.4. The van der Waals surface area contributed by atoms with Crippen LogP contribution in [0.5, 0.6) is 0 Å². The molecule has 3 rings (SSSR count). The van der Waals surface area contributed by atoms with Crippen molar-refractivity contribution in [2.24, 2.45) is 0 Å². The van der Waals surface area contributed by atoms with Gasteiger partial charge in [-0.05, 0) is 18.2 Å². The monoisotopic (exact) mass is 336 g/mol. The number of pyridine rings is 1. The molecule has 0 aliphatic carbocycles. The Labute approximate surface area is 137 Å². The fourth-order valence-electron chi connectivity index (χ4n) is 2.77. The second-order valence-electron chi connectivity index (χ2n) is 5.62. The fourth-order valence-corrected chi connectivity index (χ4v) is 2.77. The largest absolute Gasteiger partial charge is 0.416 e. The number of benzene rings is 1. The molecule has 4 nitrogen and oxygen atoms in total. The van der Waals surface area contributed by atoms with Gasteiger partial charge in [-0.3, -0.25) is 4.79 Å². The highest BCUT2D eigenvalue weighted by Gasteiger charge is 2.31. The van der Waals surface area contributed by atoms with Gasteiger partial charge in [0.15, 0.2) is 12.4 Å². The van der Waals surface area contributed by atoms with Crippen LogP contribution in [0.4, 0.5) is 18.9 Å². The van der Waals surface area contributed by atoms with Crippen LogP contribution in [0.1, 0.15) is 15.9 Å². The average Bonchev–Trinajstić information content (AvgIpc) is 2.61. The molecular weight excluding hydrogens is 319 g/mol. The number of rotatable bonds is 2. The Bertz CT molecular complexity index is 711. The Morgan fingerprint density at radius 3 is 2.29 bits per heavy atom. The molecule has 1 amide bonds. The van der Waals surface area contributed by atoms with E-state index in [1.165, 1.54) is 12.1 Å². The molecular formula is C17H17F3N3O+. The maximum atomic E-state index is 12.8. The smallest absolute Gasteiger partial charge is 0.368 e. The van der Waals surface area contributed by atoms with E-state index in [1.54, 1.807) is 4.90 Å². The number of carbonyl (C=O) groups is 1. The lowest BCUT2D eigenvalue weighted by Crippen LogP contribution is -2.48. The Morgan fingerprint density at radius 1 is 1.00 bits per heavy atom. The number of carbonyl (C=O) groups excluding carboxylic acids is 1. The third-order valence-corrected chi connectivity index (χ3v) is 4.07. The summed E-state index contributed by atoms with van der Waals surface area (Å²) in [4.78, 5) is 19.2. The van der Waals surface area contributed by atoms with Gasteiger partial charge in [0.2, 0.25) is 0 Å². The summed E-state index contributed by atoms with van der Waals surface area (Å²) in [5.74, 6) is -0.359. The van der Waals surface area contributed by atoms with Gasteiger partial charge in [-0.2, -0.15) is 13.2 Å². The van der Waals surface area contributed by atoms with E-state index in [2.05, 4.69) is 9.88 Å². The SMILES string of the molecule is O=C(c1cccc(C(F)(F)F)c1)N1CCN(c2cc[nH+]cc2)CC1. The Hall–Kier alpha value is -2.57. The molecule has 0 saturated carbocycles. The number of hydrogen-bond acceptors (Lipinski definition) is 2. The summed E-state index contributed by atoms with van der Waals surface area (Å²) in [7, 11) is 0. The van der Waals surface area contributed by atoms with Gasteiger partial charge in [0, 0.05) is 49.6 Å². The van der Waals surface area contributed by atoms with Crippen molar-refractivity contribution in [2.45, 2.75) is 6.18 Å². The van der Waals surface area contributed by atoms with Crippen molar-refractivity contribution >= 4 is 11.6 Å². The number of hydrogen-bond donors (Lipinski definition) is 0. The quantitative estimate of drug-likeness (QED) is 0.845. The number of amides is 1. The van der Waals surface area contributed by atoms with Gasteiger partial charge in [-0.15, -0.1) is 0 Å². The molecule has 2 aromatic rings. The van der Waals surface area contributed by atoms with Crippen LogP contribution in [0, 0.1) is 0 Å². The van der Waals surface area contributed by atoms with Crippen molar-refractivity contribution < 1.29 is 22.9 Å². The highest BCUT2D eigenvalue weighted by atomic mass is 19.4. The highest BCUT2D eigenvalue weighted by Crippen LogP contribution is 2.29. The number of H-pyrrole nitrogens is 1. The lowest BCUT2D eigenvalue weighted by molar-refractivity contribution is -0.377. The van der Waals surface area contributed by atoms with Crippen LogP contribution in [0.2, 0.25) is 0 Å². The molecule has 7 heteroatoms. The molecule has 1 aliphatic heterocycles. The molecule has 1 aromatic heterocycles. The zero-order chi connectivity index (χ0) is 17.2. The van der Waals surface area contributed by atoms with Crippen molar-refractivity contribution in [3.8, 4) is 0 Å². The molecule has 1 aliphatic rings. The number of piperazine rings is 1. The number of aromatic amines is 1. The first-order valence-corrected chi connectivity index (χ1v) is 7.63. The van der Waals surface area contributed by atoms with Gasteiger partial charge < -0.3 is 9.80 Å². The van der Waals surface area contributed by atoms with E-state index in [0.717, 1.165) is 17.8 Å². The standard InChI is InChI=1S/C17H16F3N3O/c18-17(19,20)14-3-1-2-13(12-14)16(24)23-10-8-22(9-11-23)15-4-6-21-7-5-15/h1-7,12H,8-11H2/p+1. The van der Waals surface area contributed by atoms with E-state index in [0.29, 0.717) is 26.2 Å². The molecule has 0 unspecified atom stereocenters. The van der Waals surface area contributed by atoms with Crippen LogP contribution in [0.3, 0.4) is 0 Å². The molecule has 1 aromatic carbocycles. The Kier molecular flexibility index (Phi) is 4.42. The van der Waals surface area contributed by atoms with Crippen molar-refractivity contribution in [3.05, 3.63) is 59.9 Å². The Morgan fingerprint density at radius 2 is 1.67 bits per heavy atom. The molecule has 1 saturated heterocycles. The molecule has 0 radical (unpaired) electrons. The van der Waals surface area contributed by atoms with Crippen LogP contribution in [0.15, 0.2) is 48.8 Å². The van der Waals surface area contributed by atoms with E-state index < -0.39 is 11.7 Å². The second kappa shape index (κ2) is 6.51. The molecule has 1 N–H and O–H groups in total. The average molecular weight is 336 g/mol. The minimum Gasteiger partial charge on any atom is -0.368 e. The van der Waals surface area contributed by atoms with Gasteiger partial charge in [-0.25, -0.2) is 4.98 Å². The lowest BCUT2D eigenvalue weighted by atomic mass is 10.1. The molecule has 2 heterocycles. The Balaban J connectivity index is 1.67. The first-order valence-electron chi connectivity index (χ1n) is 7.63. The predicted octanol–water partition coefficient (Wildman–Crippen LogP) is 2.48. The normalized spacial score (nSPS) is 15.5. The van der Waals surface area contributed by atoms with E-state index in [4.69, 9.17) is 0 Å². The van der Waals surface area contributed by atoms with Crippen molar-refractivity contribution in [2.75, 3.05) is 31.1 Å². The summed E-state index contributed by atoms with van der Waals surface area (Å²) >= 11 is 0. The minimum atomic E-state index is -4.45. The number of aromatic nitrogens is 1. The molecule has 0 atom stereocenters. The topological polar surface area (TPSA) is 37.7 Å². The lowest BCUT2D eigenvalue weighted by Gasteiger charge is -2.35. The van der Waals surface area contributed by atoms with Gasteiger partial charge in [-0.1, -0.05) is 6.07 Å². The highest BCUT2D eigenvalue weighted by molar-refractivity contribution is 5.94. The molecule has 24 heavy (non-hydrogen) atoms. The van der Waals surface area contributed by atoms with E-state index in [9.17, 15) is 18.0 Å². The number of nitrogens with one attached hydrogen (secondary N) is 1. The third kappa shape index (κ3) is 3.50. The number of anilines is 1. The molecule has 0 spiro atoms. The predicted molar refractivity (Wildman–Crippen MR) is 82.6 cm³/mol. The first kappa shape index (κ1) is 16.3. The van der Waals surface area contributed by atoms with Gasteiger partial charge in [0.25, 0.3) is 5.91 Å². The maximum absolute atomic E-state index is 12.8. The summed E-state index contributed by atoms with van der Waals surface area (Å²) in [6.07, 6.45) is -0.787. The van der Waals surface area contributed by atoms with Crippen LogP contribution in [-0.4, -0.2) is 37.0 Å². The van der Waals surface area contributed by atoms with Crippen molar-refractivity contribution in [1.82, 2.24) is 4.90 Å². The summed E-state index contributed by atoms with van der Waals surface area (Å²) in [6, 6.07) is 8.49. The van der Waals surface area contributed by atoms with Gasteiger partial charge >= 0.3 is 6.18 Å². The zero-order valence-electron chi connectivity index (χ0n) is 12.9. The molecule has 1 fully saturated rings. The van der Waals surface area contributed by atoms with Crippen molar-refractivity contribution in [3.63, 3.8) is 0 Å². The summed E-state index contributed by atoms with van der Waals surface area (Å²) in [6.45, 7) is 2.25. The van der Waals surface area contributed by atoms with Crippen LogP contribution >= 0.6 is 0 Å². The zero-order valence-corrected chi connectivity index (χ0v) is 12.9. The summed E-state index contributed by atoms with van der Waals surface area (Å²) in [5, 5.41) is 0. The third-order valence-electron chi connectivity index (χ3n) is 4.07. The van der Waals surface area contributed by atoms with Gasteiger partial charge in [0.1, 0.15) is 0 Å². The fraction of sp³-hybridized carbons (Fsp3) is 0.294. The maximum Gasteiger partial charge on any atom is 0.416 e. The van der Waals surface area contributed by atoms with E-state index >= 15 is 0 Å². The summed E-state index contributed by atoms with van der Waals surface area (Å²) in [5.41, 5.74) is 0.333. The number of halogens is 3. The van der Waals surface area contributed by atoms with Crippen molar-refractivity contribution in [1.29, 1.82) is 0 Å². The number of alkyl halides is 3. The summed E-state index contributed by atoms with van der Waals surface area (Å²) < 4.78 is 38.3. The van der Waals surface area contributed by atoms with Crippen LogP contribution in [0.25, 0.3) is 0 Å². The number of nitrogens with zero attached hydrogens (tertiary/aromatic N) is 2. The van der Waals surface area contributed by atoms with E-state index in [-0.39, 0.29) is 11.5 Å². The minimum absolute atomic E-state index is 0.0765. The molecule has 0 bridgehead atoms.